The molecular weight excluding hydrogens is 168 g/mol. The molecule has 0 radical (unpaired) electrons. The third-order valence-corrected chi connectivity index (χ3v) is 1.45. The van der Waals surface area contributed by atoms with E-state index in [1.54, 1.807) is 24.4 Å². The quantitative estimate of drug-likeness (QED) is 0.416. The number of carbonyl (C=O) groups excluding carboxylic acids is 1. The predicted molar refractivity (Wildman–Crippen MR) is 46.4 cm³/mol. The Morgan fingerprint density at radius 3 is 3.00 bits per heavy atom. The summed E-state index contributed by atoms with van der Waals surface area (Å²) in [6.45, 7) is 0. The van der Waals surface area contributed by atoms with Gasteiger partial charge < -0.3 is 9.72 Å². The predicted octanol–water partition coefficient (Wildman–Crippen LogP) is 1.09. The van der Waals surface area contributed by atoms with Gasteiger partial charge in [-0.2, -0.15) is 5.26 Å². The second-order valence-corrected chi connectivity index (χ2v) is 2.29. The molecule has 0 spiro atoms. The Morgan fingerprint density at radius 2 is 2.54 bits per heavy atom. The summed E-state index contributed by atoms with van der Waals surface area (Å²) in [7, 11) is 1.24. The molecule has 0 atom stereocenters. The lowest BCUT2D eigenvalue weighted by Gasteiger charge is -1.94. The number of ether oxygens (including phenoxy) is 1. The minimum Gasteiger partial charge on any atom is -0.465 e. The van der Waals surface area contributed by atoms with Crippen molar-refractivity contribution in [3.8, 4) is 6.07 Å². The molecule has 4 nitrogen and oxygen atoms in total. The van der Waals surface area contributed by atoms with Gasteiger partial charge in [-0.15, -0.1) is 0 Å². The summed E-state index contributed by atoms with van der Waals surface area (Å²) < 4.78 is 4.41. The van der Waals surface area contributed by atoms with E-state index < -0.39 is 5.97 Å². The molecule has 0 aromatic carbocycles. The van der Waals surface area contributed by atoms with Gasteiger partial charge in [0.15, 0.2) is 0 Å². The topological polar surface area (TPSA) is 65.9 Å². The summed E-state index contributed by atoms with van der Waals surface area (Å²) in [4.78, 5) is 13.8. The summed E-state index contributed by atoms with van der Waals surface area (Å²) in [5.41, 5.74) is 0.673. The van der Waals surface area contributed by atoms with Gasteiger partial charge in [0.2, 0.25) is 0 Å². The minimum absolute atomic E-state index is 0.0232. The zero-order valence-corrected chi connectivity index (χ0v) is 7.07. The Labute approximate surface area is 75.4 Å². The van der Waals surface area contributed by atoms with Gasteiger partial charge in [0.1, 0.15) is 11.6 Å². The van der Waals surface area contributed by atoms with Crippen LogP contribution in [0.25, 0.3) is 6.08 Å². The Bertz CT molecular complexity index is 357. The first-order valence-electron chi connectivity index (χ1n) is 3.61. The Morgan fingerprint density at radius 1 is 1.77 bits per heavy atom. The molecule has 1 heterocycles. The fourth-order valence-corrected chi connectivity index (χ4v) is 0.836. The number of nitrogens with one attached hydrogen (secondary N) is 1. The van der Waals surface area contributed by atoms with Crippen LogP contribution in [-0.2, 0) is 9.53 Å². The highest BCUT2D eigenvalue weighted by Crippen LogP contribution is 2.04. The average Bonchev–Trinajstić information content (AvgIpc) is 2.65. The maximum atomic E-state index is 10.9. The van der Waals surface area contributed by atoms with Crippen molar-refractivity contribution in [1.82, 2.24) is 4.98 Å². The molecule has 1 N–H and O–H groups in total. The summed E-state index contributed by atoms with van der Waals surface area (Å²) >= 11 is 0. The van der Waals surface area contributed by atoms with E-state index in [0.29, 0.717) is 5.69 Å². The number of hydrogen-bond donors (Lipinski definition) is 1. The van der Waals surface area contributed by atoms with Crippen LogP contribution in [-0.4, -0.2) is 18.1 Å². The summed E-state index contributed by atoms with van der Waals surface area (Å²) in [5.74, 6) is -0.628. The van der Waals surface area contributed by atoms with Crippen LogP contribution >= 0.6 is 0 Å². The van der Waals surface area contributed by atoms with Crippen LogP contribution in [0.4, 0.5) is 0 Å². The number of nitriles is 1. The second-order valence-electron chi connectivity index (χ2n) is 2.29. The molecule has 0 amide bonds. The van der Waals surface area contributed by atoms with Crippen LogP contribution in [0.5, 0.6) is 0 Å². The van der Waals surface area contributed by atoms with E-state index in [9.17, 15) is 4.79 Å². The van der Waals surface area contributed by atoms with Crippen LogP contribution in [0, 0.1) is 11.3 Å². The summed E-state index contributed by atoms with van der Waals surface area (Å²) in [6.07, 6.45) is 3.14. The standard InChI is InChI=1S/C9H8N2O2/c1-13-9(12)7(6-10)5-8-3-2-4-11-8/h2-5,11H,1H3/b7-5-. The molecule has 0 unspecified atom stereocenters. The SMILES string of the molecule is COC(=O)/C(C#N)=C\c1ccc[nH]1. The van der Waals surface area contributed by atoms with E-state index in [-0.39, 0.29) is 5.57 Å². The van der Waals surface area contributed by atoms with Gasteiger partial charge in [0, 0.05) is 11.9 Å². The van der Waals surface area contributed by atoms with Gasteiger partial charge in [-0.25, -0.2) is 4.79 Å². The Hall–Kier alpha value is -2.02. The molecule has 0 saturated heterocycles. The van der Waals surface area contributed by atoms with E-state index >= 15 is 0 Å². The molecule has 66 valence electrons. The molecule has 0 saturated carbocycles. The second kappa shape index (κ2) is 4.12. The van der Waals surface area contributed by atoms with Gasteiger partial charge in [0.25, 0.3) is 0 Å². The van der Waals surface area contributed by atoms with E-state index in [2.05, 4.69) is 9.72 Å². The van der Waals surface area contributed by atoms with Crippen LogP contribution < -0.4 is 0 Å². The van der Waals surface area contributed by atoms with Crippen LogP contribution in [0.1, 0.15) is 5.69 Å². The van der Waals surface area contributed by atoms with Gasteiger partial charge in [-0.3, -0.25) is 0 Å². The van der Waals surface area contributed by atoms with Crippen molar-refractivity contribution in [3.05, 3.63) is 29.6 Å². The number of rotatable bonds is 2. The van der Waals surface area contributed by atoms with Crippen molar-refractivity contribution < 1.29 is 9.53 Å². The normalized spacial score (nSPS) is 10.6. The number of H-pyrrole nitrogens is 1. The van der Waals surface area contributed by atoms with Crippen molar-refractivity contribution in [1.29, 1.82) is 5.26 Å². The molecule has 13 heavy (non-hydrogen) atoms. The van der Waals surface area contributed by atoms with E-state index in [0.717, 1.165) is 0 Å². The zero-order valence-electron chi connectivity index (χ0n) is 7.07. The molecule has 0 aliphatic carbocycles. The number of methoxy groups -OCH3 is 1. The monoisotopic (exact) mass is 176 g/mol. The number of esters is 1. The molecule has 0 aliphatic heterocycles. The van der Waals surface area contributed by atoms with Crippen LogP contribution in [0.15, 0.2) is 23.9 Å². The largest absolute Gasteiger partial charge is 0.465 e. The third kappa shape index (κ3) is 2.20. The number of carbonyl (C=O) groups is 1. The highest BCUT2D eigenvalue weighted by Gasteiger charge is 2.07. The lowest BCUT2D eigenvalue weighted by molar-refractivity contribution is -0.135. The van der Waals surface area contributed by atoms with Gasteiger partial charge in [-0.1, -0.05) is 0 Å². The molecule has 0 fully saturated rings. The average molecular weight is 176 g/mol. The smallest absolute Gasteiger partial charge is 0.348 e. The van der Waals surface area contributed by atoms with Crippen LogP contribution in [0.3, 0.4) is 0 Å². The fraction of sp³-hybridized carbons (Fsp3) is 0.111. The first kappa shape index (κ1) is 9.07. The Kier molecular flexibility index (Phi) is 2.87. The van der Waals surface area contributed by atoms with Gasteiger partial charge in [-0.05, 0) is 18.2 Å². The molecule has 0 aliphatic rings. The minimum atomic E-state index is -0.628. The molecular formula is C9H8N2O2. The number of aromatic nitrogens is 1. The highest BCUT2D eigenvalue weighted by atomic mass is 16.5. The first-order chi connectivity index (χ1) is 6.27. The van der Waals surface area contributed by atoms with Crippen LogP contribution in [0.2, 0.25) is 0 Å². The van der Waals surface area contributed by atoms with Crippen molar-refractivity contribution in [2.45, 2.75) is 0 Å². The first-order valence-corrected chi connectivity index (χ1v) is 3.61. The third-order valence-electron chi connectivity index (χ3n) is 1.45. The molecule has 0 bridgehead atoms. The Balaban J connectivity index is 2.91. The number of hydrogen-bond acceptors (Lipinski definition) is 3. The number of nitrogens with zero attached hydrogens (tertiary/aromatic N) is 1. The zero-order chi connectivity index (χ0) is 9.68. The maximum absolute atomic E-state index is 10.9. The molecule has 1 aromatic heterocycles. The van der Waals surface area contributed by atoms with E-state index in [1.807, 2.05) is 0 Å². The van der Waals surface area contributed by atoms with Crippen molar-refractivity contribution in [3.63, 3.8) is 0 Å². The maximum Gasteiger partial charge on any atom is 0.348 e. The van der Waals surface area contributed by atoms with Gasteiger partial charge >= 0.3 is 5.97 Å². The van der Waals surface area contributed by atoms with E-state index in [4.69, 9.17) is 5.26 Å². The van der Waals surface area contributed by atoms with Crippen molar-refractivity contribution >= 4 is 12.0 Å². The fourth-order valence-electron chi connectivity index (χ4n) is 0.836. The lowest BCUT2D eigenvalue weighted by Crippen LogP contribution is -2.02. The number of aromatic amines is 1. The summed E-state index contributed by atoms with van der Waals surface area (Å²) in [5, 5.41) is 8.59. The van der Waals surface area contributed by atoms with Crippen molar-refractivity contribution in [2.24, 2.45) is 0 Å². The molecule has 1 aromatic rings. The van der Waals surface area contributed by atoms with E-state index in [1.165, 1.54) is 13.2 Å². The lowest BCUT2D eigenvalue weighted by atomic mass is 10.2. The molecule has 4 heteroatoms. The van der Waals surface area contributed by atoms with Crippen molar-refractivity contribution in [2.75, 3.05) is 7.11 Å². The summed E-state index contributed by atoms with van der Waals surface area (Å²) in [6, 6.07) is 5.28. The highest BCUT2D eigenvalue weighted by molar-refractivity contribution is 5.97. The molecule has 1 rings (SSSR count). The van der Waals surface area contributed by atoms with Gasteiger partial charge in [0.05, 0.1) is 7.11 Å².